The van der Waals surface area contributed by atoms with Gasteiger partial charge in [-0.15, -0.1) is 0 Å². The van der Waals surface area contributed by atoms with Crippen LogP contribution >= 0.6 is 23.4 Å². The van der Waals surface area contributed by atoms with Crippen molar-refractivity contribution in [1.29, 1.82) is 0 Å². The molecule has 3 rings (SSSR count). The number of thioether (sulfide) groups is 1. The largest absolute Gasteiger partial charge is 0.351 e. The van der Waals surface area contributed by atoms with Gasteiger partial charge in [0.25, 0.3) is 0 Å². The molecule has 130 valence electrons. The van der Waals surface area contributed by atoms with Gasteiger partial charge >= 0.3 is 0 Å². The highest BCUT2D eigenvalue weighted by atomic mass is 35.5. The van der Waals surface area contributed by atoms with Gasteiger partial charge in [0.2, 0.25) is 5.91 Å². The summed E-state index contributed by atoms with van der Waals surface area (Å²) in [5.74, 6) is -0.00138. The van der Waals surface area contributed by atoms with Gasteiger partial charge in [-0.3, -0.25) is 4.79 Å². The van der Waals surface area contributed by atoms with Gasteiger partial charge in [-0.05, 0) is 31.5 Å². The van der Waals surface area contributed by atoms with Crippen LogP contribution in [0.2, 0.25) is 5.02 Å². The predicted octanol–water partition coefficient (Wildman–Crippen LogP) is 2.01. The number of rotatable bonds is 4. The maximum absolute atomic E-state index is 12.3. The molecular weight excluding hydrogens is 370 g/mol. The van der Waals surface area contributed by atoms with Crippen LogP contribution in [-0.4, -0.2) is 46.7 Å². The molecule has 1 N–H and O–H groups in total. The Morgan fingerprint density at radius 1 is 1.50 bits per heavy atom. The number of hydrogen-bond donors (Lipinski definition) is 1. The molecule has 0 saturated carbocycles. The van der Waals surface area contributed by atoms with E-state index < -0.39 is 9.84 Å². The number of imidazole rings is 1. The third-order valence-corrected chi connectivity index (χ3v) is 7.18. The SMILES string of the molecule is C[C@H](Sc1nc2cc(Cl)ccc2n1C)C(=O)N[C@H]1CCS(=O)(=O)C1. The zero-order chi connectivity index (χ0) is 17.5. The highest BCUT2D eigenvalue weighted by Gasteiger charge is 2.30. The first-order chi connectivity index (χ1) is 11.2. The minimum Gasteiger partial charge on any atom is -0.351 e. The molecule has 0 unspecified atom stereocenters. The standard InChI is InChI=1S/C15H18ClN3O3S2/c1-9(14(20)17-11-5-6-24(21,22)8-11)23-15-18-12-7-10(16)3-4-13(12)19(15)2/h3-4,7,9,11H,5-6,8H2,1-2H3,(H,17,20)/t9-,11-/m0/s1. The molecule has 24 heavy (non-hydrogen) atoms. The zero-order valence-electron chi connectivity index (χ0n) is 13.3. The van der Waals surface area contributed by atoms with E-state index in [0.29, 0.717) is 16.6 Å². The lowest BCUT2D eigenvalue weighted by molar-refractivity contribution is -0.120. The Morgan fingerprint density at radius 2 is 2.25 bits per heavy atom. The van der Waals surface area contributed by atoms with E-state index in [1.807, 2.05) is 17.7 Å². The number of sulfone groups is 1. The van der Waals surface area contributed by atoms with Crippen LogP contribution in [0, 0.1) is 0 Å². The molecule has 2 atom stereocenters. The summed E-state index contributed by atoms with van der Waals surface area (Å²) < 4.78 is 24.9. The summed E-state index contributed by atoms with van der Waals surface area (Å²) in [6.45, 7) is 1.79. The lowest BCUT2D eigenvalue weighted by atomic mass is 10.2. The lowest BCUT2D eigenvalue weighted by Gasteiger charge is -2.15. The number of benzene rings is 1. The third kappa shape index (κ3) is 3.70. The summed E-state index contributed by atoms with van der Waals surface area (Å²) in [5, 5.41) is 3.78. The fourth-order valence-corrected chi connectivity index (χ4v) is 5.43. The molecule has 1 fully saturated rings. The summed E-state index contributed by atoms with van der Waals surface area (Å²) in [6.07, 6.45) is 0.482. The van der Waals surface area contributed by atoms with Crippen LogP contribution < -0.4 is 5.32 Å². The van der Waals surface area contributed by atoms with Gasteiger partial charge in [0.05, 0.1) is 27.8 Å². The molecule has 0 aliphatic carbocycles. The van der Waals surface area contributed by atoms with E-state index in [-0.39, 0.29) is 28.7 Å². The molecule has 1 aromatic heterocycles. The van der Waals surface area contributed by atoms with Gasteiger partial charge < -0.3 is 9.88 Å². The first-order valence-corrected chi connectivity index (χ1v) is 10.6. The topological polar surface area (TPSA) is 81.1 Å². The van der Waals surface area contributed by atoms with Crippen LogP contribution in [0.5, 0.6) is 0 Å². The minimum absolute atomic E-state index is 0.0287. The molecule has 2 heterocycles. The fourth-order valence-electron chi connectivity index (χ4n) is 2.70. The van der Waals surface area contributed by atoms with Crippen molar-refractivity contribution >= 4 is 50.1 Å². The Bertz CT molecular complexity index is 895. The normalized spacial score (nSPS) is 21.0. The Morgan fingerprint density at radius 3 is 2.92 bits per heavy atom. The second kappa shape index (κ2) is 6.57. The van der Waals surface area contributed by atoms with Crippen LogP contribution in [0.4, 0.5) is 0 Å². The van der Waals surface area contributed by atoms with E-state index in [0.717, 1.165) is 11.0 Å². The molecule has 1 amide bonds. The van der Waals surface area contributed by atoms with Crippen LogP contribution in [0.15, 0.2) is 23.4 Å². The fraction of sp³-hybridized carbons (Fsp3) is 0.467. The molecule has 0 spiro atoms. The number of halogens is 1. The predicted molar refractivity (Wildman–Crippen MR) is 96.2 cm³/mol. The summed E-state index contributed by atoms with van der Waals surface area (Å²) in [7, 11) is -1.12. The summed E-state index contributed by atoms with van der Waals surface area (Å²) in [6, 6.07) is 5.19. The van der Waals surface area contributed by atoms with Crippen molar-refractivity contribution in [3.63, 3.8) is 0 Å². The van der Waals surface area contributed by atoms with Crippen LogP contribution in [0.1, 0.15) is 13.3 Å². The number of aromatic nitrogens is 2. The van der Waals surface area contributed by atoms with Gasteiger partial charge in [0.1, 0.15) is 0 Å². The summed E-state index contributed by atoms with van der Waals surface area (Å²) in [4.78, 5) is 16.8. The second-order valence-electron chi connectivity index (χ2n) is 5.96. The number of fused-ring (bicyclic) bond motifs is 1. The highest BCUT2D eigenvalue weighted by molar-refractivity contribution is 8.00. The number of carbonyl (C=O) groups is 1. The molecule has 0 bridgehead atoms. The Labute approximate surface area is 149 Å². The maximum Gasteiger partial charge on any atom is 0.233 e. The van der Waals surface area contributed by atoms with Gasteiger partial charge in [-0.25, -0.2) is 13.4 Å². The highest BCUT2D eigenvalue weighted by Crippen LogP contribution is 2.28. The number of nitrogens with one attached hydrogen (secondary N) is 1. The Balaban J connectivity index is 1.69. The van der Waals surface area contributed by atoms with Crippen molar-refractivity contribution in [2.24, 2.45) is 7.05 Å². The van der Waals surface area contributed by atoms with Crippen molar-refractivity contribution in [2.45, 2.75) is 29.8 Å². The smallest absolute Gasteiger partial charge is 0.233 e. The Kier molecular flexibility index (Phi) is 4.81. The molecule has 1 saturated heterocycles. The molecule has 1 aliphatic rings. The van der Waals surface area contributed by atoms with Gasteiger partial charge in [0.15, 0.2) is 15.0 Å². The van der Waals surface area contributed by atoms with E-state index in [1.54, 1.807) is 19.1 Å². The van der Waals surface area contributed by atoms with E-state index in [9.17, 15) is 13.2 Å². The molecule has 1 aromatic carbocycles. The van der Waals surface area contributed by atoms with Crippen molar-refractivity contribution in [2.75, 3.05) is 11.5 Å². The van der Waals surface area contributed by atoms with E-state index in [2.05, 4.69) is 10.3 Å². The van der Waals surface area contributed by atoms with Crippen molar-refractivity contribution in [3.8, 4) is 0 Å². The molecule has 2 aromatic rings. The number of nitrogens with zero attached hydrogens (tertiary/aromatic N) is 2. The first-order valence-electron chi connectivity index (χ1n) is 7.54. The summed E-state index contributed by atoms with van der Waals surface area (Å²) >= 11 is 7.33. The number of carbonyl (C=O) groups excluding carboxylic acids is 1. The Hall–Kier alpha value is -1.25. The number of hydrogen-bond acceptors (Lipinski definition) is 5. The molecule has 9 heteroatoms. The molecule has 1 aliphatic heterocycles. The quantitative estimate of drug-likeness (QED) is 0.811. The molecule has 6 nitrogen and oxygen atoms in total. The van der Waals surface area contributed by atoms with Crippen molar-refractivity contribution in [1.82, 2.24) is 14.9 Å². The second-order valence-corrected chi connectivity index (χ2v) is 9.93. The zero-order valence-corrected chi connectivity index (χ0v) is 15.7. The van der Waals surface area contributed by atoms with Crippen molar-refractivity contribution in [3.05, 3.63) is 23.2 Å². The molecule has 0 radical (unpaired) electrons. The van der Waals surface area contributed by atoms with Gasteiger partial charge in [-0.2, -0.15) is 0 Å². The van der Waals surface area contributed by atoms with E-state index in [1.165, 1.54) is 11.8 Å². The first kappa shape index (κ1) is 17.6. The number of amides is 1. The lowest BCUT2D eigenvalue weighted by Crippen LogP contribution is -2.40. The number of aryl methyl sites for hydroxylation is 1. The van der Waals surface area contributed by atoms with E-state index >= 15 is 0 Å². The average molecular weight is 388 g/mol. The van der Waals surface area contributed by atoms with E-state index in [4.69, 9.17) is 11.6 Å². The van der Waals surface area contributed by atoms with Crippen LogP contribution in [-0.2, 0) is 21.7 Å². The minimum atomic E-state index is -3.00. The van der Waals surface area contributed by atoms with Crippen LogP contribution in [0.3, 0.4) is 0 Å². The maximum atomic E-state index is 12.3. The average Bonchev–Trinajstić information content (AvgIpc) is 2.99. The third-order valence-electron chi connectivity index (χ3n) is 4.03. The van der Waals surface area contributed by atoms with Crippen LogP contribution in [0.25, 0.3) is 11.0 Å². The van der Waals surface area contributed by atoms with Gasteiger partial charge in [-0.1, -0.05) is 23.4 Å². The molecular formula is C15H18ClN3O3S2. The summed E-state index contributed by atoms with van der Waals surface area (Å²) in [5.41, 5.74) is 1.72. The van der Waals surface area contributed by atoms with Crippen molar-refractivity contribution < 1.29 is 13.2 Å². The van der Waals surface area contributed by atoms with Gasteiger partial charge in [0, 0.05) is 18.1 Å². The monoisotopic (exact) mass is 387 g/mol.